The van der Waals surface area contributed by atoms with Gasteiger partial charge in [0.05, 0.1) is 11.6 Å². The molecule has 0 heterocycles. The van der Waals surface area contributed by atoms with Crippen molar-refractivity contribution >= 4 is 11.6 Å². The van der Waals surface area contributed by atoms with E-state index in [0.29, 0.717) is 0 Å². The Morgan fingerprint density at radius 2 is 2.21 bits per heavy atom. The second-order valence-corrected chi connectivity index (χ2v) is 3.96. The lowest BCUT2D eigenvalue weighted by molar-refractivity contribution is 0.210. The van der Waals surface area contributed by atoms with Crippen molar-refractivity contribution in [3.63, 3.8) is 0 Å². The van der Waals surface area contributed by atoms with Crippen LogP contribution in [0.1, 0.15) is 12.5 Å². The lowest BCUT2D eigenvalue weighted by Crippen LogP contribution is -2.35. The van der Waals surface area contributed by atoms with E-state index in [4.69, 9.17) is 17.3 Å². The van der Waals surface area contributed by atoms with Gasteiger partial charge < -0.3 is 10.8 Å². The summed E-state index contributed by atoms with van der Waals surface area (Å²) in [5.74, 6) is -0.465. The predicted octanol–water partition coefficient (Wildman–Crippen LogP) is 1.69. The third-order valence-electron chi connectivity index (χ3n) is 2.42. The summed E-state index contributed by atoms with van der Waals surface area (Å²) in [4.78, 5) is 0. The fourth-order valence-electron chi connectivity index (χ4n) is 1.15. The van der Waals surface area contributed by atoms with Crippen LogP contribution in [0.2, 0.25) is 5.02 Å². The van der Waals surface area contributed by atoms with Crippen molar-refractivity contribution in [3.05, 3.63) is 34.6 Å². The first kappa shape index (κ1) is 11.4. The van der Waals surface area contributed by atoms with E-state index in [0.717, 1.165) is 5.56 Å². The van der Waals surface area contributed by atoms with E-state index in [2.05, 4.69) is 0 Å². The summed E-state index contributed by atoms with van der Waals surface area (Å²) in [6.45, 7) is 1.99. The Hall–Kier alpha value is -0.640. The summed E-state index contributed by atoms with van der Waals surface area (Å²) in [5.41, 5.74) is 5.73. The summed E-state index contributed by atoms with van der Waals surface area (Å²) in [6.07, 6.45) is 0. The minimum Gasteiger partial charge on any atom is -0.395 e. The fraction of sp³-hybridized carbons (Fsp3) is 0.400. The van der Waals surface area contributed by atoms with Crippen molar-refractivity contribution in [2.24, 2.45) is 5.73 Å². The van der Waals surface area contributed by atoms with Gasteiger partial charge in [-0.05, 0) is 17.7 Å². The Bertz CT molecular complexity index is 326. The minimum atomic E-state index is -0.558. The van der Waals surface area contributed by atoms with Gasteiger partial charge in [0.1, 0.15) is 5.82 Å². The van der Waals surface area contributed by atoms with Crippen LogP contribution < -0.4 is 5.73 Å². The van der Waals surface area contributed by atoms with E-state index >= 15 is 0 Å². The number of halogens is 2. The van der Waals surface area contributed by atoms with Crippen molar-refractivity contribution in [3.8, 4) is 0 Å². The van der Waals surface area contributed by atoms with E-state index in [1.165, 1.54) is 12.1 Å². The Balaban J connectivity index is 3.12. The van der Waals surface area contributed by atoms with Crippen LogP contribution in [0.3, 0.4) is 0 Å². The largest absolute Gasteiger partial charge is 0.395 e. The SMILES string of the molecule is CC(CN)(CO)c1ccc(F)c(Cl)c1. The van der Waals surface area contributed by atoms with Gasteiger partial charge in [0.15, 0.2) is 0 Å². The van der Waals surface area contributed by atoms with Crippen molar-refractivity contribution in [1.29, 1.82) is 0 Å². The molecule has 0 saturated carbocycles. The van der Waals surface area contributed by atoms with Gasteiger partial charge in [-0.1, -0.05) is 24.6 Å². The molecule has 0 amide bonds. The molecule has 0 bridgehead atoms. The normalized spacial score (nSPS) is 15.2. The highest BCUT2D eigenvalue weighted by atomic mass is 35.5. The summed E-state index contributed by atoms with van der Waals surface area (Å²) in [7, 11) is 0. The summed E-state index contributed by atoms with van der Waals surface area (Å²) in [6, 6.07) is 4.37. The molecule has 2 nitrogen and oxygen atoms in total. The maximum atomic E-state index is 12.9. The van der Waals surface area contributed by atoms with Gasteiger partial charge in [-0.15, -0.1) is 0 Å². The van der Waals surface area contributed by atoms with Gasteiger partial charge in [-0.2, -0.15) is 0 Å². The van der Waals surface area contributed by atoms with Crippen LogP contribution in [0.15, 0.2) is 18.2 Å². The number of hydrogen-bond acceptors (Lipinski definition) is 2. The van der Waals surface area contributed by atoms with E-state index in [1.54, 1.807) is 13.0 Å². The van der Waals surface area contributed by atoms with E-state index in [9.17, 15) is 9.50 Å². The first-order chi connectivity index (χ1) is 6.53. The highest BCUT2D eigenvalue weighted by Gasteiger charge is 2.24. The molecule has 0 fully saturated rings. The Morgan fingerprint density at radius 3 is 2.64 bits per heavy atom. The lowest BCUT2D eigenvalue weighted by atomic mass is 9.83. The molecular formula is C10H13ClFNO. The molecule has 4 heteroatoms. The molecule has 0 spiro atoms. The average Bonchev–Trinajstić information content (AvgIpc) is 2.21. The molecule has 0 aliphatic rings. The number of benzene rings is 1. The third kappa shape index (κ3) is 2.05. The van der Waals surface area contributed by atoms with Crippen molar-refractivity contribution in [1.82, 2.24) is 0 Å². The van der Waals surface area contributed by atoms with Gasteiger partial charge >= 0.3 is 0 Å². The lowest BCUT2D eigenvalue weighted by Gasteiger charge is -2.26. The zero-order valence-electron chi connectivity index (χ0n) is 7.93. The highest BCUT2D eigenvalue weighted by Crippen LogP contribution is 2.26. The number of aliphatic hydroxyl groups excluding tert-OH is 1. The smallest absolute Gasteiger partial charge is 0.141 e. The van der Waals surface area contributed by atoms with Gasteiger partial charge in [0.2, 0.25) is 0 Å². The standard InChI is InChI=1S/C10H13ClFNO/c1-10(5-13,6-14)7-2-3-9(12)8(11)4-7/h2-4,14H,5-6,13H2,1H3. The van der Waals surface area contributed by atoms with Crippen LogP contribution >= 0.6 is 11.6 Å². The van der Waals surface area contributed by atoms with Crippen LogP contribution in [0.4, 0.5) is 4.39 Å². The molecule has 14 heavy (non-hydrogen) atoms. The number of nitrogens with two attached hydrogens (primary N) is 1. The van der Waals surface area contributed by atoms with E-state index in [1.807, 2.05) is 0 Å². The summed E-state index contributed by atoms with van der Waals surface area (Å²) < 4.78 is 12.9. The molecular weight excluding hydrogens is 205 g/mol. The zero-order chi connectivity index (χ0) is 10.8. The molecule has 0 aliphatic heterocycles. The first-order valence-corrected chi connectivity index (χ1v) is 4.68. The van der Waals surface area contributed by atoms with Gasteiger partial charge in [0, 0.05) is 12.0 Å². The molecule has 1 aromatic carbocycles. The van der Waals surface area contributed by atoms with Crippen LogP contribution in [-0.4, -0.2) is 18.3 Å². The summed E-state index contributed by atoms with van der Waals surface area (Å²) in [5, 5.41) is 9.23. The topological polar surface area (TPSA) is 46.2 Å². The van der Waals surface area contributed by atoms with Crippen molar-refractivity contribution in [2.75, 3.05) is 13.2 Å². The molecule has 3 N–H and O–H groups in total. The Morgan fingerprint density at radius 1 is 1.57 bits per heavy atom. The van der Waals surface area contributed by atoms with E-state index in [-0.39, 0.29) is 18.2 Å². The zero-order valence-corrected chi connectivity index (χ0v) is 8.68. The molecule has 1 rings (SSSR count). The monoisotopic (exact) mass is 217 g/mol. The van der Waals surface area contributed by atoms with Crippen LogP contribution in [0.5, 0.6) is 0 Å². The maximum absolute atomic E-state index is 12.9. The molecule has 1 unspecified atom stereocenters. The maximum Gasteiger partial charge on any atom is 0.141 e. The van der Waals surface area contributed by atoms with Gasteiger partial charge in [-0.25, -0.2) is 4.39 Å². The fourth-order valence-corrected chi connectivity index (χ4v) is 1.33. The summed E-state index contributed by atoms with van der Waals surface area (Å²) >= 11 is 5.64. The van der Waals surface area contributed by atoms with Crippen LogP contribution in [0.25, 0.3) is 0 Å². The molecule has 0 radical (unpaired) electrons. The number of rotatable bonds is 3. The third-order valence-corrected chi connectivity index (χ3v) is 2.71. The predicted molar refractivity (Wildman–Crippen MR) is 54.9 cm³/mol. The van der Waals surface area contributed by atoms with Crippen molar-refractivity contribution in [2.45, 2.75) is 12.3 Å². The van der Waals surface area contributed by atoms with Gasteiger partial charge in [-0.3, -0.25) is 0 Å². The first-order valence-electron chi connectivity index (χ1n) is 4.30. The highest BCUT2D eigenvalue weighted by molar-refractivity contribution is 6.30. The molecule has 1 atom stereocenters. The quantitative estimate of drug-likeness (QED) is 0.810. The number of aliphatic hydroxyl groups is 1. The van der Waals surface area contributed by atoms with Gasteiger partial charge in [0.25, 0.3) is 0 Å². The Kier molecular flexibility index (Phi) is 3.48. The number of hydrogen-bond donors (Lipinski definition) is 2. The molecule has 0 aromatic heterocycles. The van der Waals surface area contributed by atoms with E-state index < -0.39 is 11.2 Å². The van der Waals surface area contributed by atoms with Crippen molar-refractivity contribution < 1.29 is 9.50 Å². The molecule has 0 aliphatic carbocycles. The van der Waals surface area contributed by atoms with Crippen LogP contribution in [-0.2, 0) is 5.41 Å². The minimum absolute atomic E-state index is 0.0515. The molecule has 78 valence electrons. The second kappa shape index (κ2) is 4.26. The molecule has 1 aromatic rings. The average molecular weight is 218 g/mol. The van der Waals surface area contributed by atoms with Crippen LogP contribution in [0, 0.1) is 5.82 Å². The molecule has 0 saturated heterocycles. The second-order valence-electron chi connectivity index (χ2n) is 3.55. The Labute approximate surface area is 87.5 Å².